The molecule has 0 heterocycles. The highest BCUT2D eigenvalue weighted by molar-refractivity contribution is 4.94. The van der Waals surface area contributed by atoms with Gasteiger partial charge in [0, 0.05) is 6.04 Å². The molecule has 0 aromatic carbocycles. The van der Waals surface area contributed by atoms with Crippen molar-refractivity contribution in [3.05, 3.63) is 0 Å². The van der Waals surface area contributed by atoms with Crippen LogP contribution in [0.2, 0.25) is 0 Å². The van der Waals surface area contributed by atoms with E-state index in [4.69, 9.17) is 5.73 Å². The van der Waals surface area contributed by atoms with Gasteiger partial charge in [-0.2, -0.15) is 0 Å². The van der Waals surface area contributed by atoms with E-state index in [-0.39, 0.29) is 0 Å². The summed E-state index contributed by atoms with van der Waals surface area (Å²) < 4.78 is 0. The second kappa shape index (κ2) is 2.78. The SMILES string of the molecule is CCC1CC2CCC(C1)C2N. The van der Waals surface area contributed by atoms with E-state index in [2.05, 4.69) is 6.92 Å². The molecular weight excluding hydrogens is 134 g/mol. The number of hydrogen-bond donors (Lipinski definition) is 1. The van der Waals surface area contributed by atoms with E-state index < -0.39 is 0 Å². The fourth-order valence-electron chi connectivity index (χ4n) is 3.03. The Bertz CT molecular complexity index is 130. The van der Waals surface area contributed by atoms with Gasteiger partial charge in [0.15, 0.2) is 0 Å². The molecule has 2 rings (SSSR count). The van der Waals surface area contributed by atoms with Crippen LogP contribution >= 0.6 is 0 Å². The van der Waals surface area contributed by atoms with Crippen molar-refractivity contribution in [3.63, 3.8) is 0 Å². The molecule has 2 aliphatic rings. The van der Waals surface area contributed by atoms with E-state index >= 15 is 0 Å². The number of nitrogens with two attached hydrogens (primary N) is 1. The maximum atomic E-state index is 6.10. The van der Waals surface area contributed by atoms with E-state index in [1.807, 2.05) is 0 Å². The summed E-state index contributed by atoms with van der Waals surface area (Å²) in [5.41, 5.74) is 6.10. The van der Waals surface area contributed by atoms with Gasteiger partial charge >= 0.3 is 0 Å². The summed E-state index contributed by atoms with van der Waals surface area (Å²) in [4.78, 5) is 0. The van der Waals surface area contributed by atoms with E-state index in [9.17, 15) is 0 Å². The molecule has 2 saturated carbocycles. The van der Waals surface area contributed by atoms with Crippen LogP contribution in [0.4, 0.5) is 0 Å². The number of rotatable bonds is 1. The van der Waals surface area contributed by atoms with Gasteiger partial charge in [0.2, 0.25) is 0 Å². The first-order chi connectivity index (χ1) is 5.31. The van der Waals surface area contributed by atoms with Crippen molar-refractivity contribution in [3.8, 4) is 0 Å². The molecule has 0 radical (unpaired) electrons. The number of fused-ring (bicyclic) bond motifs is 2. The predicted molar refractivity (Wildman–Crippen MR) is 47.2 cm³/mol. The topological polar surface area (TPSA) is 26.0 Å². The molecule has 0 saturated heterocycles. The van der Waals surface area contributed by atoms with Crippen molar-refractivity contribution in [1.82, 2.24) is 0 Å². The van der Waals surface area contributed by atoms with Crippen LogP contribution in [0.5, 0.6) is 0 Å². The van der Waals surface area contributed by atoms with Crippen LogP contribution in [0.15, 0.2) is 0 Å². The molecular formula is C10H19N. The Kier molecular flexibility index (Phi) is 1.92. The predicted octanol–water partition coefficient (Wildman–Crippen LogP) is 2.16. The molecule has 2 atom stereocenters. The van der Waals surface area contributed by atoms with Crippen LogP contribution in [0.25, 0.3) is 0 Å². The zero-order valence-electron chi connectivity index (χ0n) is 7.42. The Morgan fingerprint density at radius 2 is 1.73 bits per heavy atom. The van der Waals surface area contributed by atoms with Crippen LogP contribution in [0.3, 0.4) is 0 Å². The van der Waals surface area contributed by atoms with E-state index in [0.717, 1.165) is 17.8 Å². The lowest BCUT2D eigenvalue weighted by atomic mass is 9.77. The Morgan fingerprint density at radius 1 is 1.18 bits per heavy atom. The Balaban J connectivity index is 2.02. The van der Waals surface area contributed by atoms with Gasteiger partial charge in [-0.15, -0.1) is 0 Å². The average Bonchev–Trinajstić information content (AvgIpc) is 2.26. The first-order valence-electron chi connectivity index (χ1n) is 5.06. The lowest BCUT2D eigenvalue weighted by Crippen LogP contribution is -2.37. The van der Waals surface area contributed by atoms with Gasteiger partial charge in [0.25, 0.3) is 0 Å². The third kappa shape index (κ3) is 1.20. The molecule has 64 valence electrons. The maximum absolute atomic E-state index is 6.10. The minimum absolute atomic E-state index is 0.567. The van der Waals surface area contributed by atoms with Crippen LogP contribution in [-0.2, 0) is 0 Å². The molecule has 11 heavy (non-hydrogen) atoms. The normalized spacial score (nSPS) is 49.6. The fourth-order valence-corrected chi connectivity index (χ4v) is 3.03. The van der Waals surface area contributed by atoms with Crippen molar-refractivity contribution in [1.29, 1.82) is 0 Å². The van der Waals surface area contributed by atoms with Gasteiger partial charge in [-0.05, 0) is 43.4 Å². The van der Waals surface area contributed by atoms with Crippen molar-refractivity contribution < 1.29 is 0 Å². The molecule has 2 fully saturated rings. The summed E-state index contributed by atoms with van der Waals surface area (Å²) in [5, 5.41) is 0. The molecule has 2 aliphatic carbocycles. The molecule has 1 heteroatoms. The van der Waals surface area contributed by atoms with Crippen LogP contribution in [-0.4, -0.2) is 6.04 Å². The van der Waals surface area contributed by atoms with Crippen molar-refractivity contribution in [2.75, 3.05) is 0 Å². The third-order valence-corrected chi connectivity index (χ3v) is 3.85. The van der Waals surface area contributed by atoms with Gasteiger partial charge in [0.05, 0.1) is 0 Å². The highest BCUT2D eigenvalue weighted by atomic mass is 14.7. The van der Waals surface area contributed by atoms with Gasteiger partial charge in [-0.1, -0.05) is 13.3 Å². The smallest absolute Gasteiger partial charge is 0.00958 e. The number of hydrogen-bond acceptors (Lipinski definition) is 1. The highest BCUT2D eigenvalue weighted by Gasteiger charge is 2.39. The van der Waals surface area contributed by atoms with Crippen LogP contribution in [0, 0.1) is 17.8 Å². The minimum atomic E-state index is 0.567. The fraction of sp³-hybridized carbons (Fsp3) is 1.00. The van der Waals surface area contributed by atoms with Gasteiger partial charge in [0.1, 0.15) is 0 Å². The molecule has 0 aromatic rings. The standard InChI is InChI=1S/C10H19N/c1-2-7-5-8-3-4-9(6-7)10(8)11/h7-10H,2-6,11H2,1H3. The first kappa shape index (κ1) is 7.60. The van der Waals surface area contributed by atoms with Crippen molar-refractivity contribution >= 4 is 0 Å². The zero-order chi connectivity index (χ0) is 7.84. The second-order valence-corrected chi connectivity index (χ2v) is 4.42. The largest absolute Gasteiger partial charge is 0.327 e. The molecule has 0 spiro atoms. The molecule has 2 bridgehead atoms. The quantitative estimate of drug-likeness (QED) is 0.614. The van der Waals surface area contributed by atoms with Crippen molar-refractivity contribution in [2.24, 2.45) is 23.5 Å². The Labute approximate surface area is 69.4 Å². The van der Waals surface area contributed by atoms with E-state index in [1.165, 1.54) is 32.1 Å². The van der Waals surface area contributed by atoms with Gasteiger partial charge in [-0.3, -0.25) is 0 Å². The summed E-state index contributed by atoms with van der Waals surface area (Å²) in [7, 11) is 0. The average molecular weight is 153 g/mol. The first-order valence-corrected chi connectivity index (χ1v) is 5.06. The van der Waals surface area contributed by atoms with Gasteiger partial charge < -0.3 is 5.73 Å². The third-order valence-electron chi connectivity index (χ3n) is 3.85. The maximum Gasteiger partial charge on any atom is 0.00958 e. The molecule has 1 nitrogen and oxygen atoms in total. The summed E-state index contributed by atoms with van der Waals surface area (Å²) in [6.07, 6.45) is 7.06. The monoisotopic (exact) mass is 153 g/mol. The molecule has 0 aliphatic heterocycles. The highest BCUT2D eigenvalue weighted by Crippen LogP contribution is 2.44. The molecule has 2 unspecified atom stereocenters. The zero-order valence-corrected chi connectivity index (χ0v) is 7.42. The lowest BCUT2D eigenvalue weighted by Gasteiger charge is -2.32. The molecule has 0 amide bonds. The van der Waals surface area contributed by atoms with Gasteiger partial charge in [-0.25, -0.2) is 0 Å². The van der Waals surface area contributed by atoms with E-state index in [1.54, 1.807) is 0 Å². The Morgan fingerprint density at radius 3 is 2.18 bits per heavy atom. The summed E-state index contributed by atoms with van der Waals surface area (Å²) in [5.74, 6) is 2.78. The summed E-state index contributed by atoms with van der Waals surface area (Å²) in [6.45, 7) is 2.32. The summed E-state index contributed by atoms with van der Waals surface area (Å²) >= 11 is 0. The minimum Gasteiger partial charge on any atom is -0.327 e. The summed E-state index contributed by atoms with van der Waals surface area (Å²) in [6, 6.07) is 0.567. The van der Waals surface area contributed by atoms with Crippen LogP contribution < -0.4 is 5.73 Å². The molecule has 0 aromatic heterocycles. The van der Waals surface area contributed by atoms with E-state index in [0.29, 0.717) is 6.04 Å². The Hall–Kier alpha value is -0.0400. The lowest BCUT2D eigenvalue weighted by molar-refractivity contribution is 0.221. The molecule has 2 N–H and O–H groups in total. The second-order valence-electron chi connectivity index (χ2n) is 4.42. The van der Waals surface area contributed by atoms with Crippen molar-refractivity contribution in [2.45, 2.75) is 45.1 Å². The van der Waals surface area contributed by atoms with Crippen LogP contribution in [0.1, 0.15) is 39.0 Å².